The summed E-state index contributed by atoms with van der Waals surface area (Å²) in [5.41, 5.74) is -0.246. The summed E-state index contributed by atoms with van der Waals surface area (Å²) >= 11 is 0. The second-order valence-corrected chi connectivity index (χ2v) is 12.9. The van der Waals surface area contributed by atoms with Crippen LogP contribution in [0.3, 0.4) is 0 Å². The van der Waals surface area contributed by atoms with Crippen LogP contribution in [-0.2, 0) is 37.2 Å². The Bertz CT molecular complexity index is 1410. The van der Waals surface area contributed by atoms with E-state index < -0.39 is 15.7 Å². The summed E-state index contributed by atoms with van der Waals surface area (Å²) < 4.78 is 39.9. The second-order valence-electron chi connectivity index (χ2n) is 11.1. The number of hydrogen-bond acceptors (Lipinski definition) is 8. The van der Waals surface area contributed by atoms with E-state index in [1.165, 1.54) is 10.4 Å². The molecule has 2 aromatic rings. The molecule has 0 radical (unpaired) electrons. The molecular weight excluding hydrogens is 584 g/mol. The molecule has 0 fully saturated rings. The van der Waals surface area contributed by atoms with E-state index in [1.54, 1.807) is 19.2 Å². The van der Waals surface area contributed by atoms with Crippen LogP contribution in [0.25, 0.3) is 0 Å². The Morgan fingerprint density at radius 2 is 1.91 bits per heavy atom. The maximum absolute atomic E-state index is 14.1. The number of fused-ring (bicyclic) bond motifs is 1. The number of aliphatic hydroxyl groups is 1. The number of ether oxygens (including phenoxy) is 2. The van der Waals surface area contributed by atoms with Crippen molar-refractivity contribution in [2.24, 2.45) is 5.92 Å². The minimum Gasteiger partial charge on any atom is -0.493 e. The quantitative estimate of drug-likeness (QED) is 0.0898. The predicted octanol–water partition coefficient (Wildman–Crippen LogP) is 1.80. The minimum absolute atomic E-state index is 0.0363. The molecule has 1 aliphatic heterocycles. The number of hydrogen-bond donors (Lipinski definition) is 4. The van der Waals surface area contributed by atoms with Crippen LogP contribution in [0.4, 0.5) is 0 Å². The van der Waals surface area contributed by atoms with Gasteiger partial charge >= 0.3 is 0 Å². The van der Waals surface area contributed by atoms with E-state index in [-0.39, 0.29) is 67.9 Å². The maximum atomic E-state index is 14.1. The van der Waals surface area contributed by atoms with Crippen LogP contribution in [0.15, 0.2) is 53.4 Å². The molecule has 2 aromatic carbocycles. The summed E-state index contributed by atoms with van der Waals surface area (Å²) in [6, 6.07) is 16.5. The molecule has 44 heavy (non-hydrogen) atoms. The zero-order valence-corrected chi connectivity index (χ0v) is 26.5. The third-order valence-corrected chi connectivity index (χ3v) is 8.88. The van der Waals surface area contributed by atoms with Gasteiger partial charge in [-0.2, -0.15) is 4.31 Å². The first-order valence-corrected chi connectivity index (χ1v) is 16.3. The normalized spacial score (nSPS) is 13.9. The highest BCUT2D eigenvalue weighted by molar-refractivity contribution is 7.89. The van der Waals surface area contributed by atoms with Crippen LogP contribution < -0.4 is 20.7 Å². The van der Waals surface area contributed by atoms with Gasteiger partial charge in [0.05, 0.1) is 24.7 Å². The molecule has 0 bridgehead atoms. The number of benzene rings is 2. The molecule has 1 aliphatic rings. The lowest BCUT2D eigenvalue weighted by molar-refractivity contribution is -0.121. The summed E-state index contributed by atoms with van der Waals surface area (Å²) in [6.45, 7) is 5.55. The van der Waals surface area contributed by atoms with Gasteiger partial charge < -0.3 is 25.2 Å². The summed E-state index contributed by atoms with van der Waals surface area (Å²) in [5.74, 6) is 2.74. The molecule has 12 heteroatoms. The highest BCUT2D eigenvalue weighted by Crippen LogP contribution is 2.33. The van der Waals surface area contributed by atoms with Crippen molar-refractivity contribution in [2.45, 2.75) is 56.6 Å². The SMILES string of the molecule is COCCNCC(=O)NC#CCCC(=O)NCCC(O)(Cc1ccccc1)N(CC(C)C)S(=O)(=O)c1ccc2c(c1)CCO2. The molecule has 0 aromatic heterocycles. The number of sulfonamides is 1. The zero-order chi connectivity index (χ0) is 32.0. The Balaban J connectivity index is 1.68. The number of rotatable bonds is 17. The third-order valence-electron chi connectivity index (χ3n) is 6.96. The van der Waals surface area contributed by atoms with E-state index in [1.807, 2.05) is 44.2 Å². The number of carbonyl (C=O) groups is 2. The van der Waals surface area contributed by atoms with Crippen molar-refractivity contribution in [2.75, 3.05) is 46.5 Å². The van der Waals surface area contributed by atoms with Crippen LogP contribution in [0, 0.1) is 17.9 Å². The Morgan fingerprint density at radius 3 is 2.64 bits per heavy atom. The Labute approximate surface area is 260 Å². The van der Waals surface area contributed by atoms with Crippen LogP contribution in [0.5, 0.6) is 5.75 Å². The maximum Gasteiger partial charge on any atom is 0.245 e. The van der Waals surface area contributed by atoms with Gasteiger partial charge in [0, 0.05) is 64.9 Å². The zero-order valence-electron chi connectivity index (χ0n) is 25.7. The fourth-order valence-corrected chi connectivity index (χ4v) is 6.64. The second kappa shape index (κ2) is 17.1. The molecule has 240 valence electrons. The van der Waals surface area contributed by atoms with Gasteiger partial charge in [-0.1, -0.05) is 50.1 Å². The number of amides is 2. The van der Waals surface area contributed by atoms with E-state index >= 15 is 0 Å². The average Bonchev–Trinajstić information content (AvgIpc) is 3.46. The molecule has 0 saturated carbocycles. The van der Waals surface area contributed by atoms with E-state index in [9.17, 15) is 23.1 Å². The van der Waals surface area contributed by atoms with Gasteiger partial charge in [-0.15, -0.1) is 0 Å². The smallest absolute Gasteiger partial charge is 0.245 e. The topological polar surface area (TPSA) is 146 Å². The van der Waals surface area contributed by atoms with Gasteiger partial charge in [-0.3, -0.25) is 14.9 Å². The number of nitrogens with zero attached hydrogens (tertiary/aromatic N) is 1. The van der Waals surface area contributed by atoms with Crippen molar-refractivity contribution in [1.29, 1.82) is 0 Å². The van der Waals surface area contributed by atoms with E-state index in [0.29, 0.717) is 31.9 Å². The van der Waals surface area contributed by atoms with Crippen molar-refractivity contribution in [1.82, 2.24) is 20.3 Å². The van der Waals surface area contributed by atoms with Crippen molar-refractivity contribution in [3.63, 3.8) is 0 Å². The summed E-state index contributed by atoms with van der Waals surface area (Å²) in [5, 5.41) is 20.3. The largest absolute Gasteiger partial charge is 0.493 e. The molecule has 3 rings (SSSR count). The van der Waals surface area contributed by atoms with Crippen molar-refractivity contribution < 1.29 is 32.6 Å². The van der Waals surface area contributed by atoms with E-state index in [2.05, 4.69) is 27.9 Å². The molecule has 4 N–H and O–H groups in total. The fourth-order valence-electron chi connectivity index (χ4n) is 4.76. The van der Waals surface area contributed by atoms with Crippen molar-refractivity contribution in [3.8, 4) is 17.7 Å². The predicted molar refractivity (Wildman–Crippen MR) is 167 cm³/mol. The van der Waals surface area contributed by atoms with Gasteiger partial charge in [0.15, 0.2) is 0 Å². The fraction of sp³-hybridized carbons (Fsp3) is 0.500. The number of methoxy groups -OCH3 is 1. The van der Waals surface area contributed by atoms with Crippen LogP contribution in [0.1, 0.15) is 44.2 Å². The lowest BCUT2D eigenvalue weighted by atomic mass is 9.98. The highest BCUT2D eigenvalue weighted by Gasteiger charge is 2.43. The van der Waals surface area contributed by atoms with Crippen molar-refractivity contribution >= 4 is 21.8 Å². The Morgan fingerprint density at radius 1 is 1.14 bits per heavy atom. The molecular formula is C32H44N4O7S. The number of nitrogens with one attached hydrogen (secondary N) is 3. The lowest BCUT2D eigenvalue weighted by Crippen LogP contribution is -2.55. The van der Waals surface area contributed by atoms with Crippen LogP contribution >= 0.6 is 0 Å². The molecule has 2 amide bonds. The standard InChI is InChI=1S/C32H44N4O7S/c1-25(2)24-36(44(40,41)28-12-13-29-27(21-28)14-19-43-29)32(39,22-26-9-5-4-6-10-26)15-17-35-30(37)11-7-8-16-34-31(38)23-33-18-20-42-3/h4-6,9-10,12-13,21,25,33,39H,7,11,14-15,17-20,22-24H2,1-3H3,(H,34,38)(H,35,37). The molecule has 0 spiro atoms. The minimum atomic E-state index is -4.13. The third kappa shape index (κ3) is 10.6. The molecule has 1 unspecified atom stereocenters. The first-order valence-electron chi connectivity index (χ1n) is 14.8. The monoisotopic (exact) mass is 628 g/mol. The molecule has 11 nitrogen and oxygen atoms in total. The van der Waals surface area contributed by atoms with Gasteiger partial charge in [-0.05, 0) is 35.2 Å². The van der Waals surface area contributed by atoms with E-state index in [0.717, 1.165) is 11.1 Å². The molecule has 0 saturated heterocycles. The average molecular weight is 629 g/mol. The van der Waals surface area contributed by atoms with E-state index in [4.69, 9.17) is 9.47 Å². The Hall–Kier alpha value is -3.47. The van der Waals surface area contributed by atoms with Crippen LogP contribution in [0.2, 0.25) is 0 Å². The molecule has 1 heterocycles. The lowest BCUT2D eigenvalue weighted by Gasteiger charge is -2.40. The molecule has 1 atom stereocenters. The van der Waals surface area contributed by atoms with Crippen molar-refractivity contribution in [3.05, 3.63) is 59.7 Å². The first kappa shape index (κ1) is 35.0. The van der Waals surface area contributed by atoms with Crippen LogP contribution in [-0.4, -0.2) is 81.9 Å². The Kier molecular flexibility index (Phi) is 13.6. The van der Waals surface area contributed by atoms with Gasteiger partial charge in [0.2, 0.25) is 21.8 Å². The molecule has 0 aliphatic carbocycles. The van der Waals surface area contributed by atoms with Gasteiger partial charge in [0.1, 0.15) is 11.5 Å². The highest BCUT2D eigenvalue weighted by atomic mass is 32.2. The van der Waals surface area contributed by atoms with Gasteiger partial charge in [-0.25, -0.2) is 8.42 Å². The first-order chi connectivity index (χ1) is 21.0. The van der Waals surface area contributed by atoms with Gasteiger partial charge in [0.25, 0.3) is 0 Å². The summed E-state index contributed by atoms with van der Waals surface area (Å²) in [4.78, 5) is 24.4. The summed E-state index contributed by atoms with van der Waals surface area (Å²) in [7, 11) is -2.55. The summed E-state index contributed by atoms with van der Waals surface area (Å²) in [6.07, 6.45) is 0.914. The number of carbonyl (C=O) groups excluding carboxylic acids is 2.